The van der Waals surface area contributed by atoms with Gasteiger partial charge in [0.05, 0.1) is 11.0 Å². The van der Waals surface area contributed by atoms with Crippen molar-refractivity contribution in [1.29, 1.82) is 0 Å². The van der Waals surface area contributed by atoms with E-state index >= 15 is 0 Å². The lowest BCUT2D eigenvalue weighted by atomic mass is 9.90. The molecule has 0 saturated heterocycles. The van der Waals surface area contributed by atoms with Gasteiger partial charge < -0.3 is 15.5 Å². The maximum absolute atomic E-state index is 14.8. The average molecular weight is 740 g/mol. The first kappa shape index (κ1) is 40.0. The molecule has 0 aliphatic heterocycles. The molecule has 0 atom stereocenters. The van der Waals surface area contributed by atoms with Crippen LogP contribution in [0.4, 0.5) is 0 Å². The number of allylic oxidation sites excluding steroid dienone is 3. The van der Waals surface area contributed by atoms with Gasteiger partial charge in [-0.2, -0.15) is 0 Å². The number of hydrogen-bond acceptors (Lipinski definition) is 9. The van der Waals surface area contributed by atoms with Crippen molar-refractivity contribution in [3.8, 4) is 0 Å². The number of aromatic nitrogens is 6. The first-order valence-electron chi connectivity index (χ1n) is 19.7. The third-order valence-electron chi connectivity index (χ3n) is 10.0. The number of fused-ring (bicyclic) bond motifs is 2. The predicted octanol–water partition coefficient (Wildman–Crippen LogP) is 7.97. The van der Waals surface area contributed by atoms with E-state index in [0.29, 0.717) is 47.0 Å². The number of nitrogens with one attached hydrogen (secondary N) is 1. The van der Waals surface area contributed by atoms with Crippen LogP contribution < -0.4 is 5.32 Å². The van der Waals surface area contributed by atoms with E-state index < -0.39 is 11.9 Å². The van der Waals surface area contributed by atoms with Crippen LogP contribution in [-0.2, 0) is 19.2 Å². The number of ketones is 2. The van der Waals surface area contributed by atoms with E-state index in [4.69, 9.17) is 10.2 Å². The van der Waals surface area contributed by atoms with Crippen molar-refractivity contribution in [2.45, 2.75) is 128 Å². The lowest BCUT2D eigenvalue weighted by Crippen LogP contribution is -2.35. The second-order valence-corrected chi connectivity index (χ2v) is 14.2. The lowest BCUT2D eigenvalue weighted by Gasteiger charge is -2.25. The van der Waals surface area contributed by atoms with Crippen LogP contribution in [0, 0.1) is 0 Å². The van der Waals surface area contributed by atoms with Crippen molar-refractivity contribution in [3.05, 3.63) is 59.8 Å². The number of hydrogen-bond donors (Lipinski definition) is 3. The number of carbonyl (C=O) groups excluding carboxylic acids is 2. The van der Waals surface area contributed by atoms with Crippen molar-refractivity contribution >= 4 is 57.0 Å². The molecule has 0 bridgehead atoms. The van der Waals surface area contributed by atoms with Crippen molar-refractivity contribution in [3.63, 3.8) is 0 Å². The van der Waals surface area contributed by atoms with Gasteiger partial charge in [-0.05, 0) is 56.4 Å². The fourth-order valence-corrected chi connectivity index (χ4v) is 7.11. The molecule has 1 aliphatic carbocycles. The van der Waals surface area contributed by atoms with E-state index in [-0.39, 0.29) is 41.5 Å². The number of Topliss-reactive ketones (excluding diaryl/α,β-unsaturated/α-hetero) is 2. The van der Waals surface area contributed by atoms with Crippen molar-refractivity contribution < 1.29 is 29.4 Å². The Morgan fingerprint density at radius 3 is 1.46 bits per heavy atom. The zero-order chi connectivity index (χ0) is 38.1. The van der Waals surface area contributed by atoms with Crippen LogP contribution in [0.2, 0.25) is 0 Å². The summed E-state index contributed by atoms with van der Waals surface area (Å²) in [6.45, 7) is 0.489. The molecule has 0 amide bonds. The maximum atomic E-state index is 14.8. The molecule has 0 spiro atoms. The topological polar surface area (TPSA) is 182 Å². The van der Waals surface area contributed by atoms with Crippen LogP contribution >= 0.6 is 0 Å². The van der Waals surface area contributed by atoms with Crippen molar-refractivity contribution in [1.82, 2.24) is 35.3 Å². The molecule has 5 rings (SSSR count). The minimum Gasteiger partial charge on any atom is -0.481 e. The molecule has 1 aliphatic rings. The first-order chi connectivity index (χ1) is 26.4. The van der Waals surface area contributed by atoms with E-state index in [0.717, 1.165) is 103 Å². The van der Waals surface area contributed by atoms with E-state index in [1.165, 1.54) is 9.36 Å². The van der Waals surface area contributed by atoms with Gasteiger partial charge in [0.1, 0.15) is 28.1 Å². The minimum atomic E-state index is -0.744. The molecular weight excluding hydrogens is 686 g/mol. The Hall–Kier alpha value is -5.20. The van der Waals surface area contributed by atoms with Crippen molar-refractivity contribution in [2.24, 2.45) is 0 Å². The number of carboxylic acid groups (broad SMARTS) is 2. The molecular formula is C41H53N7O6. The normalized spacial score (nSPS) is 13.5. The second kappa shape index (κ2) is 20.9. The van der Waals surface area contributed by atoms with Crippen LogP contribution in [-0.4, -0.2) is 70.3 Å². The molecule has 0 radical (unpaired) electrons. The number of rotatable bonds is 26. The predicted molar refractivity (Wildman–Crippen MR) is 207 cm³/mol. The summed E-state index contributed by atoms with van der Waals surface area (Å²) in [4.78, 5) is 51.0. The highest BCUT2D eigenvalue weighted by Gasteiger charge is 2.38. The molecule has 0 saturated carbocycles. The van der Waals surface area contributed by atoms with Gasteiger partial charge in [0.25, 0.3) is 0 Å². The summed E-state index contributed by atoms with van der Waals surface area (Å²) >= 11 is 0. The zero-order valence-corrected chi connectivity index (χ0v) is 31.2. The van der Waals surface area contributed by atoms with Gasteiger partial charge in [-0.25, -0.2) is 9.36 Å². The molecule has 3 N–H and O–H groups in total. The quantitative estimate of drug-likeness (QED) is 0.0419. The van der Waals surface area contributed by atoms with E-state index in [1.54, 1.807) is 0 Å². The summed E-state index contributed by atoms with van der Waals surface area (Å²) < 4.78 is 3.01. The number of unbranched alkanes of at least 4 members (excludes halogenated alkanes) is 15. The van der Waals surface area contributed by atoms with E-state index in [2.05, 4.69) is 25.9 Å². The summed E-state index contributed by atoms with van der Waals surface area (Å²) in [5.41, 5.74) is 3.47. The molecule has 2 aromatic carbocycles. The molecule has 54 heavy (non-hydrogen) atoms. The monoisotopic (exact) mass is 739 g/mol. The summed E-state index contributed by atoms with van der Waals surface area (Å²) in [6.07, 6.45) is 16.9. The Morgan fingerprint density at radius 2 is 0.963 bits per heavy atom. The Kier molecular flexibility index (Phi) is 15.5. The molecule has 0 unspecified atom stereocenters. The standard InChI is InChI=1S/C41H53N7O6/c49-35(50)27-15-11-7-3-1-2-6-10-14-22-30-38(47-33-25-19-17-23-31(33)43-45-47)41(54)37(42-29-21-13-9-5-4-8-12-16-28-36(51)52)39(40(30)53)48-34-26-20-18-24-32(34)44-46-48/h17-20,23-26,42H,1-16,21-22,27-29H2,(H,49,50)(H,51,52). The Morgan fingerprint density at radius 1 is 0.537 bits per heavy atom. The van der Waals surface area contributed by atoms with Crippen LogP contribution in [0.1, 0.15) is 128 Å². The Bertz CT molecular complexity index is 1820. The minimum absolute atomic E-state index is 0.168. The van der Waals surface area contributed by atoms with Gasteiger partial charge in [0, 0.05) is 25.0 Å². The SMILES string of the molecule is O=C(O)CCCCCCCCCCCC1=C(n2nnc3ccccc32)C(=O)C(NCCCCCCCCCCC(=O)O)=C(n2nnc3ccccc32)C1=O. The van der Waals surface area contributed by atoms with Gasteiger partial charge in [-0.1, -0.05) is 118 Å². The molecule has 2 heterocycles. The molecule has 0 fully saturated rings. The number of para-hydroxylation sites is 2. The Labute approximate surface area is 315 Å². The third kappa shape index (κ3) is 10.9. The van der Waals surface area contributed by atoms with E-state index in [9.17, 15) is 19.2 Å². The number of benzene rings is 2. The molecule has 13 nitrogen and oxygen atoms in total. The maximum Gasteiger partial charge on any atom is 0.303 e. The summed E-state index contributed by atoms with van der Waals surface area (Å²) in [5, 5.41) is 38.4. The highest BCUT2D eigenvalue weighted by atomic mass is 16.4. The van der Waals surface area contributed by atoms with Gasteiger partial charge in [0.2, 0.25) is 11.6 Å². The zero-order valence-electron chi connectivity index (χ0n) is 31.2. The number of carbonyl (C=O) groups is 4. The summed E-state index contributed by atoms with van der Waals surface area (Å²) in [7, 11) is 0. The van der Waals surface area contributed by atoms with E-state index in [1.807, 2.05) is 48.5 Å². The largest absolute Gasteiger partial charge is 0.481 e. The van der Waals surface area contributed by atoms with Gasteiger partial charge in [-0.15, -0.1) is 10.2 Å². The van der Waals surface area contributed by atoms with Gasteiger partial charge >= 0.3 is 11.9 Å². The second-order valence-electron chi connectivity index (χ2n) is 14.2. The number of nitrogens with zero attached hydrogens (tertiary/aromatic N) is 6. The smallest absolute Gasteiger partial charge is 0.303 e. The molecule has 4 aromatic rings. The van der Waals surface area contributed by atoms with Crippen molar-refractivity contribution in [2.75, 3.05) is 6.54 Å². The summed E-state index contributed by atoms with van der Waals surface area (Å²) in [6, 6.07) is 14.8. The highest BCUT2D eigenvalue weighted by Crippen LogP contribution is 2.34. The van der Waals surface area contributed by atoms with Crippen LogP contribution in [0.15, 0.2) is 59.8 Å². The fraction of sp³-hybridized carbons (Fsp3) is 0.512. The fourth-order valence-electron chi connectivity index (χ4n) is 7.11. The van der Waals surface area contributed by atoms with Crippen LogP contribution in [0.3, 0.4) is 0 Å². The molecule has 2 aromatic heterocycles. The van der Waals surface area contributed by atoms with Crippen LogP contribution in [0.5, 0.6) is 0 Å². The number of carboxylic acids is 2. The Balaban J connectivity index is 1.30. The molecule has 13 heteroatoms. The van der Waals surface area contributed by atoms with Crippen LogP contribution in [0.25, 0.3) is 33.5 Å². The average Bonchev–Trinajstić information content (AvgIpc) is 3.79. The first-order valence-corrected chi connectivity index (χ1v) is 19.7. The highest BCUT2D eigenvalue weighted by molar-refractivity contribution is 6.44. The summed E-state index contributed by atoms with van der Waals surface area (Å²) in [5.74, 6) is -2.10. The lowest BCUT2D eigenvalue weighted by molar-refractivity contribution is -0.138. The number of aliphatic carboxylic acids is 2. The van der Waals surface area contributed by atoms with Gasteiger partial charge in [-0.3, -0.25) is 19.2 Å². The molecule has 288 valence electrons. The van der Waals surface area contributed by atoms with Gasteiger partial charge in [0.15, 0.2) is 0 Å². The third-order valence-corrected chi connectivity index (χ3v) is 10.0.